The zero-order chi connectivity index (χ0) is 15.9. The van der Waals surface area contributed by atoms with Crippen molar-refractivity contribution in [1.29, 1.82) is 0 Å². The van der Waals surface area contributed by atoms with Crippen molar-refractivity contribution in [3.63, 3.8) is 0 Å². The molecule has 3 aromatic rings. The van der Waals surface area contributed by atoms with Crippen molar-refractivity contribution in [2.45, 2.75) is 27.3 Å². The Bertz CT molecular complexity index is 855. The molecule has 0 aliphatic rings. The second-order valence-electron chi connectivity index (χ2n) is 5.56. The van der Waals surface area contributed by atoms with Crippen molar-refractivity contribution in [2.24, 2.45) is 0 Å². The summed E-state index contributed by atoms with van der Waals surface area (Å²) in [6, 6.07) is 6.04. The number of halogens is 1. The van der Waals surface area contributed by atoms with E-state index >= 15 is 0 Å². The van der Waals surface area contributed by atoms with Gasteiger partial charge in [0.25, 0.3) is 0 Å². The molecular formula is C17H18ClN3O. The average molecular weight is 316 g/mol. The van der Waals surface area contributed by atoms with Crippen molar-refractivity contribution < 1.29 is 5.11 Å². The largest absolute Gasteiger partial charge is 0.394 e. The smallest absolute Gasteiger partial charge is 0.0746 e. The quantitative estimate of drug-likeness (QED) is 0.802. The molecule has 4 nitrogen and oxygen atoms in total. The van der Waals surface area contributed by atoms with Crippen molar-refractivity contribution in [1.82, 2.24) is 14.8 Å². The van der Waals surface area contributed by atoms with E-state index in [-0.39, 0.29) is 6.61 Å². The van der Waals surface area contributed by atoms with Gasteiger partial charge >= 0.3 is 0 Å². The summed E-state index contributed by atoms with van der Waals surface area (Å²) in [5.41, 5.74) is 5.89. The number of hydrogen-bond acceptors (Lipinski definition) is 3. The van der Waals surface area contributed by atoms with Crippen LogP contribution in [0.15, 0.2) is 24.4 Å². The summed E-state index contributed by atoms with van der Waals surface area (Å²) in [7, 11) is 0. The molecule has 0 aliphatic heterocycles. The van der Waals surface area contributed by atoms with E-state index in [9.17, 15) is 0 Å². The van der Waals surface area contributed by atoms with Crippen LogP contribution in [0.5, 0.6) is 0 Å². The second kappa shape index (κ2) is 5.71. The Hall–Kier alpha value is -1.91. The number of aliphatic hydroxyl groups excluding tert-OH is 1. The first kappa shape index (κ1) is 15.0. The summed E-state index contributed by atoms with van der Waals surface area (Å²) < 4.78 is 1.75. The molecule has 1 aromatic carbocycles. The summed E-state index contributed by atoms with van der Waals surface area (Å²) in [5.74, 6) is 0. The molecule has 5 heteroatoms. The van der Waals surface area contributed by atoms with E-state index in [1.807, 2.05) is 32.2 Å². The Kier molecular flexibility index (Phi) is 3.89. The molecular weight excluding hydrogens is 298 g/mol. The third-order valence-electron chi connectivity index (χ3n) is 3.85. The van der Waals surface area contributed by atoms with E-state index in [4.69, 9.17) is 21.7 Å². The number of pyridine rings is 1. The lowest BCUT2D eigenvalue weighted by atomic mass is 10.0. The Morgan fingerprint density at radius 2 is 1.91 bits per heavy atom. The van der Waals surface area contributed by atoms with E-state index in [0.29, 0.717) is 6.54 Å². The van der Waals surface area contributed by atoms with E-state index in [2.05, 4.69) is 18.1 Å². The van der Waals surface area contributed by atoms with Crippen LogP contribution in [0.25, 0.3) is 22.2 Å². The Morgan fingerprint density at radius 1 is 1.14 bits per heavy atom. The van der Waals surface area contributed by atoms with Crippen LogP contribution in [-0.2, 0) is 6.54 Å². The molecule has 22 heavy (non-hydrogen) atoms. The van der Waals surface area contributed by atoms with Crippen molar-refractivity contribution in [2.75, 3.05) is 6.61 Å². The first-order chi connectivity index (χ1) is 10.5. The highest BCUT2D eigenvalue weighted by atomic mass is 35.5. The average Bonchev–Trinajstić information content (AvgIpc) is 2.82. The number of aryl methyl sites for hydroxylation is 3. The predicted octanol–water partition coefficient (Wildman–Crippen LogP) is 3.67. The maximum atomic E-state index is 9.04. The number of fused-ring (bicyclic) bond motifs is 1. The van der Waals surface area contributed by atoms with Gasteiger partial charge in [0, 0.05) is 22.2 Å². The lowest BCUT2D eigenvalue weighted by Gasteiger charge is -2.08. The summed E-state index contributed by atoms with van der Waals surface area (Å²) in [4.78, 5) is 4.77. The van der Waals surface area contributed by atoms with Crippen molar-refractivity contribution in [3.8, 4) is 11.3 Å². The maximum Gasteiger partial charge on any atom is 0.0746 e. The standard InChI is InChI=1S/C17H18ClN3O/c1-10-6-17(14-9-21(4-5-22)20-12(14)3)19-16-7-11(2)15(18)8-13(10)16/h6-9,22H,4-5H2,1-3H3. The van der Waals surface area contributed by atoms with E-state index in [0.717, 1.165) is 44.0 Å². The van der Waals surface area contributed by atoms with Gasteiger partial charge in [-0.05, 0) is 50.1 Å². The normalized spacial score (nSPS) is 11.3. The number of benzene rings is 1. The minimum absolute atomic E-state index is 0.0719. The predicted molar refractivity (Wildman–Crippen MR) is 89.3 cm³/mol. The molecule has 0 unspecified atom stereocenters. The van der Waals surface area contributed by atoms with Crippen LogP contribution in [0.1, 0.15) is 16.8 Å². The molecule has 114 valence electrons. The zero-order valence-electron chi connectivity index (χ0n) is 12.9. The topological polar surface area (TPSA) is 50.9 Å². The van der Waals surface area contributed by atoms with Gasteiger partial charge in [0.15, 0.2) is 0 Å². The van der Waals surface area contributed by atoms with Crippen LogP contribution in [-0.4, -0.2) is 26.5 Å². The fourth-order valence-electron chi connectivity index (χ4n) is 2.64. The summed E-state index contributed by atoms with van der Waals surface area (Å²) >= 11 is 6.21. The Balaban J connectivity index is 2.17. The van der Waals surface area contributed by atoms with Gasteiger partial charge in [0.2, 0.25) is 0 Å². The molecule has 2 aromatic heterocycles. The monoisotopic (exact) mass is 315 g/mol. The van der Waals surface area contributed by atoms with Gasteiger partial charge in [-0.1, -0.05) is 11.6 Å². The van der Waals surface area contributed by atoms with Crippen LogP contribution in [0, 0.1) is 20.8 Å². The molecule has 0 saturated heterocycles. The highest BCUT2D eigenvalue weighted by Gasteiger charge is 2.12. The third kappa shape index (κ3) is 2.60. The van der Waals surface area contributed by atoms with Gasteiger partial charge in [-0.3, -0.25) is 4.68 Å². The molecule has 0 fully saturated rings. The number of aliphatic hydroxyl groups is 1. The van der Waals surface area contributed by atoms with Crippen molar-refractivity contribution in [3.05, 3.63) is 46.2 Å². The minimum Gasteiger partial charge on any atom is -0.394 e. The SMILES string of the molecule is Cc1cc2nc(-c3cn(CCO)nc3C)cc(C)c2cc1Cl. The van der Waals surface area contributed by atoms with Crippen LogP contribution < -0.4 is 0 Å². The van der Waals surface area contributed by atoms with Gasteiger partial charge in [-0.25, -0.2) is 4.98 Å². The second-order valence-corrected chi connectivity index (χ2v) is 5.96. The molecule has 1 N–H and O–H groups in total. The summed E-state index contributed by atoms with van der Waals surface area (Å²) in [6.07, 6.45) is 1.93. The van der Waals surface area contributed by atoms with Gasteiger partial charge in [-0.15, -0.1) is 0 Å². The van der Waals surface area contributed by atoms with E-state index in [1.165, 1.54) is 0 Å². The van der Waals surface area contributed by atoms with Crippen LogP contribution in [0.2, 0.25) is 5.02 Å². The first-order valence-corrected chi connectivity index (χ1v) is 7.60. The third-order valence-corrected chi connectivity index (χ3v) is 4.25. The van der Waals surface area contributed by atoms with Gasteiger partial charge in [0.1, 0.15) is 0 Å². The van der Waals surface area contributed by atoms with E-state index in [1.54, 1.807) is 4.68 Å². The molecule has 0 spiro atoms. The fourth-order valence-corrected chi connectivity index (χ4v) is 2.81. The lowest BCUT2D eigenvalue weighted by molar-refractivity contribution is 0.269. The number of hydrogen-bond donors (Lipinski definition) is 1. The maximum absolute atomic E-state index is 9.04. The summed E-state index contributed by atoms with van der Waals surface area (Å²) in [6.45, 7) is 6.56. The molecule has 0 radical (unpaired) electrons. The highest BCUT2D eigenvalue weighted by Crippen LogP contribution is 2.29. The van der Waals surface area contributed by atoms with Gasteiger partial charge < -0.3 is 5.11 Å². The number of rotatable bonds is 3. The zero-order valence-corrected chi connectivity index (χ0v) is 13.6. The highest BCUT2D eigenvalue weighted by molar-refractivity contribution is 6.32. The molecule has 0 amide bonds. The minimum atomic E-state index is 0.0719. The number of nitrogens with zero attached hydrogens (tertiary/aromatic N) is 3. The van der Waals surface area contributed by atoms with Gasteiger partial charge in [-0.2, -0.15) is 5.10 Å². The van der Waals surface area contributed by atoms with Crippen LogP contribution >= 0.6 is 11.6 Å². The van der Waals surface area contributed by atoms with E-state index < -0.39 is 0 Å². The first-order valence-electron chi connectivity index (χ1n) is 7.22. The fraction of sp³-hybridized carbons (Fsp3) is 0.294. The summed E-state index contributed by atoms with van der Waals surface area (Å²) in [5, 5.41) is 15.3. The van der Waals surface area contributed by atoms with Crippen molar-refractivity contribution >= 4 is 22.5 Å². The van der Waals surface area contributed by atoms with Crippen LogP contribution in [0.4, 0.5) is 0 Å². The Morgan fingerprint density at radius 3 is 2.64 bits per heavy atom. The van der Waals surface area contributed by atoms with Gasteiger partial charge in [0.05, 0.1) is 30.1 Å². The lowest BCUT2D eigenvalue weighted by Crippen LogP contribution is -2.02. The molecule has 0 aliphatic carbocycles. The molecule has 0 saturated carbocycles. The molecule has 2 heterocycles. The molecule has 0 bridgehead atoms. The molecule has 3 rings (SSSR count). The number of aromatic nitrogens is 3. The molecule has 0 atom stereocenters. The van der Waals surface area contributed by atoms with Crippen LogP contribution in [0.3, 0.4) is 0 Å². The Labute approximate surface area is 134 Å².